The predicted octanol–water partition coefficient (Wildman–Crippen LogP) is 5.04. The number of hydrogen-bond donors (Lipinski definition) is 1. The van der Waals surface area contributed by atoms with Gasteiger partial charge in [-0.2, -0.15) is 0 Å². The van der Waals surface area contributed by atoms with Crippen LogP contribution < -0.4 is 5.32 Å². The normalized spacial score (nSPS) is 23.0. The van der Waals surface area contributed by atoms with E-state index >= 15 is 0 Å². The van der Waals surface area contributed by atoms with Crippen molar-refractivity contribution >= 4 is 35.3 Å². The number of hydrogen-bond acceptors (Lipinski definition) is 3. The Morgan fingerprint density at radius 2 is 1.61 bits per heavy atom. The Morgan fingerprint density at radius 1 is 0.889 bits per heavy atom. The minimum atomic E-state index is -0.646. The molecule has 5 amide bonds. The third-order valence-electron chi connectivity index (χ3n) is 7.28. The maximum absolute atomic E-state index is 13.3. The molecule has 2 aliphatic heterocycles. The number of para-hydroxylation sites is 1. The molecule has 0 bridgehead atoms. The number of urea groups is 2. The summed E-state index contributed by atoms with van der Waals surface area (Å²) in [6.45, 7) is 0.880. The maximum Gasteiger partial charge on any atom is 0.327 e. The van der Waals surface area contributed by atoms with Gasteiger partial charge in [0.1, 0.15) is 6.04 Å². The predicted molar refractivity (Wildman–Crippen MR) is 138 cm³/mol. The number of halogens is 1. The van der Waals surface area contributed by atoms with Gasteiger partial charge in [0.05, 0.1) is 12.2 Å². The van der Waals surface area contributed by atoms with Gasteiger partial charge in [-0.25, -0.2) is 9.59 Å². The van der Waals surface area contributed by atoms with Crippen molar-refractivity contribution in [3.8, 4) is 11.1 Å². The Morgan fingerprint density at radius 3 is 2.39 bits per heavy atom. The van der Waals surface area contributed by atoms with E-state index in [9.17, 15) is 14.4 Å². The van der Waals surface area contributed by atoms with Crippen molar-refractivity contribution in [3.63, 3.8) is 0 Å². The van der Waals surface area contributed by atoms with Crippen molar-refractivity contribution in [2.45, 2.75) is 24.4 Å². The van der Waals surface area contributed by atoms with Gasteiger partial charge in [0.25, 0.3) is 5.91 Å². The summed E-state index contributed by atoms with van der Waals surface area (Å²) in [5.41, 5.74) is 3.71. The highest BCUT2D eigenvalue weighted by atomic mass is 35.5. The first-order chi connectivity index (χ1) is 17.5. The quantitative estimate of drug-likeness (QED) is 0.510. The van der Waals surface area contributed by atoms with Crippen LogP contribution in [0.15, 0.2) is 78.9 Å². The number of carbonyl (C=O) groups excluding carboxylic acids is 3. The summed E-state index contributed by atoms with van der Waals surface area (Å²) in [6, 6.07) is 23.7. The fourth-order valence-electron chi connectivity index (χ4n) is 5.30. The maximum atomic E-state index is 13.3. The molecule has 3 aliphatic rings. The lowest BCUT2D eigenvalue weighted by Crippen LogP contribution is -2.55. The molecule has 1 saturated carbocycles. The van der Waals surface area contributed by atoms with Gasteiger partial charge in [0.2, 0.25) is 0 Å². The number of nitrogens with one attached hydrogen (secondary N) is 1. The second-order valence-corrected chi connectivity index (χ2v) is 9.89. The standard InChI is InChI=1S/C28H25ClN4O3/c29-20-12-10-19(11-13-20)22-16-24(22)33-26(34)25-17-31(14-15-32(25)28(33)36)27(35)30-23-9-5-4-8-21(23)18-6-2-1-3-7-18/h1-13,22,24-25H,14-17H2,(H,30,35)/t22-,24+,25-/m0/s1. The van der Waals surface area contributed by atoms with Crippen molar-refractivity contribution in [1.82, 2.24) is 14.7 Å². The van der Waals surface area contributed by atoms with E-state index in [-0.39, 0.29) is 36.5 Å². The molecule has 3 aromatic carbocycles. The molecule has 3 aromatic rings. The van der Waals surface area contributed by atoms with E-state index in [1.54, 1.807) is 9.80 Å². The summed E-state index contributed by atoms with van der Waals surface area (Å²) >= 11 is 6.00. The Labute approximate surface area is 214 Å². The summed E-state index contributed by atoms with van der Waals surface area (Å²) in [4.78, 5) is 44.3. The highest BCUT2D eigenvalue weighted by molar-refractivity contribution is 6.30. The van der Waals surface area contributed by atoms with Crippen molar-refractivity contribution in [3.05, 3.63) is 89.4 Å². The van der Waals surface area contributed by atoms with Crippen molar-refractivity contribution in [2.75, 3.05) is 25.0 Å². The van der Waals surface area contributed by atoms with Gasteiger partial charge in [0.15, 0.2) is 0 Å². The van der Waals surface area contributed by atoms with E-state index in [0.717, 1.165) is 23.1 Å². The van der Waals surface area contributed by atoms with Gasteiger partial charge < -0.3 is 15.1 Å². The Bertz CT molecular complexity index is 1330. The van der Waals surface area contributed by atoms with Gasteiger partial charge in [-0.15, -0.1) is 0 Å². The van der Waals surface area contributed by atoms with E-state index in [1.807, 2.05) is 78.9 Å². The van der Waals surface area contributed by atoms with E-state index < -0.39 is 6.04 Å². The van der Waals surface area contributed by atoms with Crippen LogP contribution in [0.5, 0.6) is 0 Å². The van der Waals surface area contributed by atoms with Crippen molar-refractivity contribution < 1.29 is 14.4 Å². The summed E-state index contributed by atoms with van der Waals surface area (Å²) in [7, 11) is 0. The first kappa shape index (κ1) is 22.6. The summed E-state index contributed by atoms with van der Waals surface area (Å²) in [5.74, 6) is -0.0888. The third kappa shape index (κ3) is 3.99. The highest BCUT2D eigenvalue weighted by Crippen LogP contribution is 2.47. The van der Waals surface area contributed by atoms with Gasteiger partial charge in [-0.3, -0.25) is 9.69 Å². The zero-order valence-electron chi connectivity index (χ0n) is 19.5. The molecule has 2 saturated heterocycles. The Hall–Kier alpha value is -3.84. The first-order valence-corrected chi connectivity index (χ1v) is 12.5. The zero-order chi connectivity index (χ0) is 24.8. The Balaban J connectivity index is 1.14. The minimum Gasteiger partial charge on any atom is -0.320 e. The summed E-state index contributed by atoms with van der Waals surface area (Å²) < 4.78 is 0. The molecule has 1 N–H and O–H groups in total. The average molecular weight is 501 g/mol. The molecule has 8 heteroatoms. The lowest BCUT2D eigenvalue weighted by Gasteiger charge is -2.35. The molecule has 0 unspecified atom stereocenters. The van der Waals surface area contributed by atoms with Gasteiger partial charge in [0, 0.05) is 35.6 Å². The molecule has 7 nitrogen and oxygen atoms in total. The molecule has 36 heavy (non-hydrogen) atoms. The molecule has 2 heterocycles. The molecule has 0 spiro atoms. The fraction of sp³-hybridized carbons (Fsp3) is 0.250. The van der Waals surface area contributed by atoms with E-state index in [4.69, 9.17) is 11.6 Å². The van der Waals surface area contributed by atoms with Crippen molar-refractivity contribution in [1.29, 1.82) is 0 Å². The SMILES string of the molecule is O=C(Nc1ccccc1-c1ccccc1)N1CCN2C(=O)N([C@@H]3C[C@H]3c3ccc(Cl)cc3)C(=O)[C@@H]2C1. The van der Waals surface area contributed by atoms with E-state index in [0.29, 0.717) is 23.8 Å². The molecule has 1 aliphatic carbocycles. The number of fused-ring (bicyclic) bond motifs is 1. The van der Waals surface area contributed by atoms with Gasteiger partial charge in [-0.05, 0) is 35.7 Å². The molecule has 182 valence electrons. The number of anilines is 1. The molecule has 3 fully saturated rings. The van der Waals surface area contributed by atoms with Crippen LogP contribution in [0.4, 0.5) is 15.3 Å². The molecular weight excluding hydrogens is 476 g/mol. The van der Waals surface area contributed by atoms with E-state index in [1.165, 1.54) is 4.90 Å². The van der Waals surface area contributed by atoms with Gasteiger partial charge in [-0.1, -0.05) is 72.3 Å². The molecule has 3 atom stereocenters. The number of imide groups is 1. The fourth-order valence-corrected chi connectivity index (χ4v) is 5.42. The number of benzene rings is 3. The van der Waals surface area contributed by atoms with Crippen LogP contribution >= 0.6 is 11.6 Å². The van der Waals surface area contributed by atoms with Crippen LogP contribution in [0.2, 0.25) is 5.02 Å². The third-order valence-corrected chi connectivity index (χ3v) is 7.53. The minimum absolute atomic E-state index is 0.130. The lowest BCUT2D eigenvalue weighted by molar-refractivity contribution is -0.129. The molecule has 0 aromatic heterocycles. The van der Waals surface area contributed by atoms with Gasteiger partial charge >= 0.3 is 12.1 Å². The first-order valence-electron chi connectivity index (χ1n) is 12.1. The number of rotatable bonds is 4. The Kier molecular flexibility index (Phi) is 5.64. The summed E-state index contributed by atoms with van der Waals surface area (Å²) in [5, 5.41) is 3.67. The molecular formula is C28H25ClN4O3. The van der Waals surface area contributed by atoms with Crippen molar-refractivity contribution in [2.24, 2.45) is 0 Å². The zero-order valence-corrected chi connectivity index (χ0v) is 20.3. The smallest absolute Gasteiger partial charge is 0.320 e. The van der Waals surface area contributed by atoms with Crippen LogP contribution in [0.3, 0.4) is 0 Å². The number of piperazine rings is 1. The monoisotopic (exact) mass is 500 g/mol. The molecule has 0 radical (unpaired) electrons. The molecule has 6 rings (SSSR count). The largest absolute Gasteiger partial charge is 0.327 e. The van der Waals surface area contributed by atoms with Crippen LogP contribution in [0.25, 0.3) is 11.1 Å². The topological polar surface area (TPSA) is 73.0 Å². The second-order valence-electron chi connectivity index (χ2n) is 9.45. The van der Waals surface area contributed by atoms with Crippen LogP contribution in [0.1, 0.15) is 17.9 Å². The average Bonchev–Trinajstić information content (AvgIpc) is 3.65. The van der Waals surface area contributed by atoms with Crippen LogP contribution in [0, 0.1) is 0 Å². The van der Waals surface area contributed by atoms with Crippen LogP contribution in [-0.2, 0) is 4.79 Å². The second kappa shape index (κ2) is 8.99. The number of nitrogens with zero attached hydrogens (tertiary/aromatic N) is 3. The number of carbonyl (C=O) groups is 3. The summed E-state index contributed by atoms with van der Waals surface area (Å²) in [6.07, 6.45) is 0.750. The highest BCUT2D eigenvalue weighted by Gasteiger charge is 2.56. The lowest BCUT2D eigenvalue weighted by atomic mass is 10.0. The van der Waals surface area contributed by atoms with E-state index in [2.05, 4.69) is 5.32 Å². The van der Waals surface area contributed by atoms with Crippen LogP contribution in [-0.4, -0.2) is 64.4 Å². The number of amides is 5.